The van der Waals surface area contributed by atoms with Crippen molar-refractivity contribution in [3.8, 4) is 0 Å². The molecular weight excluding hydrogens is 60.1 g/mol. The third-order valence-corrected chi connectivity index (χ3v) is 0.604. The van der Waals surface area contributed by atoms with E-state index in [1.54, 1.807) is 0 Å². The molecule has 0 fully saturated rings. The Balaban J connectivity index is 2.34. The van der Waals surface area contributed by atoms with Crippen LogP contribution in [-0.4, -0.2) is 0 Å². The van der Waals surface area contributed by atoms with Crippen LogP contribution in [0.3, 0.4) is 0 Å². The van der Waals surface area contributed by atoms with E-state index in [0.717, 1.165) is 6.42 Å². The Bertz CT molecular complexity index is 15.9. The highest BCUT2D eigenvalue weighted by molar-refractivity contribution is 4.24. The van der Waals surface area contributed by atoms with E-state index in [-0.39, 0.29) is 0 Å². The molecule has 0 atom stereocenters. The molecule has 0 aliphatic heterocycles. The summed E-state index contributed by atoms with van der Waals surface area (Å²) < 4.78 is 6.71. The molecule has 0 saturated heterocycles. The van der Waals surface area contributed by atoms with Gasteiger partial charge in [-0.3, -0.25) is 0 Å². The summed E-state index contributed by atoms with van der Waals surface area (Å²) in [6, 6.07) is 0. The van der Waals surface area contributed by atoms with Gasteiger partial charge < -0.3 is 0 Å². The van der Waals surface area contributed by atoms with Crippen LogP contribution in [0.25, 0.3) is 0 Å². The third kappa shape index (κ3) is 4.00. The summed E-state index contributed by atoms with van der Waals surface area (Å²) in [5.74, 6) is 0. The van der Waals surface area contributed by atoms with Gasteiger partial charge in [-0.05, 0) is 0 Å². The molecule has 0 unspecified atom stereocenters. The van der Waals surface area contributed by atoms with Crippen molar-refractivity contribution in [1.82, 2.24) is 0 Å². The summed E-state index contributed by atoms with van der Waals surface area (Å²) in [6.07, 6.45) is 3.54. The lowest BCUT2D eigenvalue weighted by Gasteiger charge is -1.79. The molecule has 0 aromatic rings. The van der Waals surface area contributed by atoms with E-state index in [0.29, 0.717) is 6.90 Å². The molecule has 0 rings (SSSR count). The lowest BCUT2D eigenvalue weighted by Crippen LogP contribution is -1.59. The maximum atomic E-state index is 6.71. The molecule has 0 radical (unpaired) electrons. The van der Waals surface area contributed by atoms with Gasteiger partial charge in [0, 0.05) is 1.37 Å². The summed E-state index contributed by atoms with van der Waals surface area (Å²) in [4.78, 5) is 0. The van der Waals surface area contributed by atoms with E-state index in [1.165, 1.54) is 12.8 Å². The van der Waals surface area contributed by atoms with Crippen LogP contribution in [0.1, 0.15) is 34.5 Å². The first-order valence-electron chi connectivity index (χ1n) is 2.91. The zero-order valence-electron chi connectivity index (χ0n) is 4.83. The first-order chi connectivity index (χ1) is 2.91. The minimum Gasteiger partial charge on any atom is -0.0654 e. The molecular formula is C5H12. The Morgan fingerprint density at radius 2 is 2.40 bits per heavy atom. The fourth-order valence-electron chi connectivity index (χ4n) is 0.250. The van der Waals surface area contributed by atoms with Crippen LogP contribution < -0.4 is 0 Å². The molecule has 0 aromatic heterocycles. The molecule has 0 aliphatic rings. The largest absolute Gasteiger partial charge is 0.0654 e. The van der Waals surface area contributed by atoms with Gasteiger partial charge in [0.15, 0.2) is 0 Å². The van der Waals surface area contributed by atoms with Gasteiger partial charge in [0.1, 0.15) is 0 Å². The van der Waals surface area contributed by atoms with Crippen LogP contribution in [0.2, 0.25) is 0 Å². The van der Waals surface area contributed by atoms with Crippen molar-refractivity contribution in [3.63, 3.8) is 0 Å². The summed E-state index contributed by atoms with van der Waals surface area (Å²) in [5.41, 5.74) is 0. The van der Waals surface area contributed by atoms with Crippen LogP contribution in [-0.2, 0) is 0 Å². The van der Waals surface area contributed by atoms with E-state index in [4.69, 9.17) is 1.37 Å². The minimum atomic E-state index is 0.605. The molecule has 0 saturated carbocycles. The molecule has 0 heterocycles. The Labute approximate surface area is 35.6 Å². The van der Waals surface area contributed by atoms with Gasteiger partial charge >= 0.3 is 0 Å². The summed E-state index contributed by atoms with van der Waals surface area (Å²) >= 11 is 0. The van der Waals surface area contributed by atoms with Gasteiger partial charge in [-0.15, -0.1) is 0 Å². The first kappa shape index (κ1) is 3.20. The number of hydrogen-bond donors (Lipinski definition) is 0. The SMILES string of the molecule is [2H]CCCCC. The van der Waals surface area contributed by atoms with E-state index >= 15 is 0 Å². The van der Waals surface area contributed by atoms with Crippen molar-refractivity contribution >= 4 is 0 Å². The predicted molar refractivity (Wildman–Crippen MR) is 25.2 cm³/mol. The Hall–Kier alpha value is 0. The van der Waals surface area contributed by atoms with Crippen LogP contribution in [0.4, 0.5) is 0 Å². The molecule has 5 heavy (non-hydrogen) atoms. The monoisotopic (exact) mass is 73.1 g/mol. The average molecular weight is 73.2 g/mol. The van der Waals surface area contributed by atoms with Gasteiger partial charge in [0.2, 0.25) is 0 Å². The molecule has 0 heteroatoms. The second-order valence-corrected chi connectivity index (χ2v) is 1.21. The van der Waals surface area contributed by atoms with Crippen molar-refractivity contribution in [3.05, 3.63) is 0 Å². The summed E-state index contributed by atoms with van der Waals surface area (Å²) in [7, 11) is 0. The molecule has 0 spiro atoms. The van der Waals surface area contributed by atoms with Crippen LogP contribution >= 0.6 is 0 Å². The fourth-order valence-corrected chi connectivity index (χ4v) is 0.250. The molecule has 32 valence electrons. The highest BCUT2D eigenvalue weighted by atomic mass is 13.7. The smallest absolute Gasteiger partial charge is 0.0230 e. The second kappa shape index (κ2) is 4.00. The summed E-state index contributed by atoms with van der Waals surface area (Å²) in [6.45, 7) is 2.75. The molecule has 0 nitrogen and oxygen atoms in total. The maximum Gasteiger partial charge on any atom is 0.0230 e. The number of hydrogen-bond acceptors (Lipinski definition) is 0. The van der Waals surface area contributed by atoms with Crippen LogP contribution in [0, 0.1) is 0 Å². The molecule has 0 amide bonds. The Morgan fingerprint density at radius 1 is 1.60 bits per heavy atom. The van der Waals surface area contributed by atoms with Gasteiger partial charge in [-0.2, -0.15) is 0 Å². The van der Waals surface area contributed by atoms with Gasteiger partial charge in [0.25, 0.3) is 0 Å². The topological polar surface area (TPSA) is 0 Å². The van der Waals surface area contributed by atoms with E-state index < -0.39 is 0 Å². The quantitative estimate of drug-likeness (QED) is 0.439. The highest BCUT2D eigenvalue weighted by Gasteiger charge is 1.68. The van der Waals surface area contributed by atoms with Crippen molar-refractivity contribution < 1.29 is 1.37 Å². The second-order valence-electron chi connectivity index (χ2n) is 1.21. The van der Waals surface area contributed by atoms with E-state index in [9.17, 15) is 0 Å². The third-order valence-electron chi connectivity index (χ3n) is 0.604. The Morgan fingerprint density at radius 3 is 2.60 bits per heavy atom. The van der Waals surface area contributed by atoms with Crippen molar-refractivity contribution in [2.75, 3.05) is 0 Å². The average Bonchev–Trinajstić information content (AvgIpc) is 1.61. The molecule has 0 N–H and O–H groups in total. The first-order valence-corrected chi connectivity index (χ1v) is 2.21. The Kier molecular flexibility index (Phi) is 2.56. The van der Waals surface area contributed by atoms with Crippen molar-refractivity contribution in [2.24, 2.45) is 0 Å². The minimum absolute atomic E-state index is 0.605. The van der Waals surface area contributed by atoms with Gasteiger partial charge in [-0.1, -0.05) is 33.1 Å². The molecule has 0 aromatic carbocycles. The zero-order valence-corrected chi connectivity index (χ0v) is 3.83. The molecule has 0 aliphatic carbocycles. The van der Waals surface area contributed by atoms with E-state index in [1.807, 2.05) is 0 Å². The number of rotatable bonds is 2. The normalized spacial score (nSPS) is 11.0. The maximum absolute atomic E-state index is 6.71. The number of unbranched alkanes of at least 4 members (excludes halogenated alkanes) is 2. The van der Waals surface area contributed by atoms with Crippen LogP contribution in [0.15, 0.2) is 0 Å². The standard InChI is InChI=1S/C5H12/c1-3-5-4-2/h3-5H2,1-2H3/i1D. The predicted octanol–water partition coefficient (Wildman–Crippen LogP) is 2.20. The lowest BCUT2D eigenvalue weighted by atomic mass is 10.3. The molecule has 0 bridgehead atoms. The van der Waals surface area contributed by atoms with Crippen molar-refractivity contribution in [1.29, 1.82) is 0 Å². The lowest BCUT2D eigenvalue weighted by molar-refractivity contribution is 0.772. The van der Waals surface area contributed by atoms with Crippen LogP contribution in [0.5, 0.6) is 0 Å². The highest BCUT2D eigenvalue weighted by Crippen LogP contribution is 1.88. The van der Waals surface area contributed by atoms with E-state index in [2.05, 4.69) is 6.92 Å². The zero-order chi connectivity index (χ0) is 4.83. The van der Waals surface area contributed by atoms with Gasteiger partial charge in [0.05, 0.1) is 0 Å². The van der Waals surface area contributed by atoms with Crippen molar-refractivity contribution in [2.45, 2.75) is 33.1 Å². The fraction of sp³-hybridized carbons (Fsp3) is 1.00. The summed E-state index contributed by atoms with van der Waals surface area (Å²) in [5, 5.41) is 0. The van der Waals surface area contributed by atoms with Gasteiger partial charge in [-0.25, -0.2) is 0 Å².